The first-order valence-electron chi connectivity index (χ1n) is 7.17. The van der Waals surface area contributed by atoms with Gasteiger partial charge in [-0.25, -0.2) is 4.98 Å². The number of nitrogens with two attached hydrogens (primary N) is 1. The van der Waals surface area contributed by atoms with Crippen molar-refractivity contribution in [3.05, 3.63) is 41.5 Å². The van der Waals surface area contributed by atoms with Gasteiger partial charge in [-0.15, -0.1) is 21.5 Å². The Bertz CT molecular complexity index is 830. The van der Waals surface area contributed by atoms with Crippen LogP contribution in [-0.4, -0.2) is 31.4 Å². The van der Waals surface area contributed by atoms with E-state index in [1.165, 1.54) is 11.8 Å². The average Bonchev–Trinajstić information content (AvgIpc) is 3.19. The number of hydrogen-bond acceptors (Lipinski definition) is 7. The summed E-state index contributed by atoms with van der Waals surface area (Å²) in [6.07, 6.45) is 0. The zero-order valence-electron chi connectivity index (χ0n) is 13.0. The normalized spacial score (nSPS) is 10.7. The molecule has 0 saturated carbocycles. The molecule has 24 heavy (non-hydrogen) atoms. The van der Waals surface area contributed by atoms with Crippen molar-refractivity contribution in [2.75, 3.05) is 11.1 Å². The van der Waals surface area contributed by atoms with Crippen molar-refractivity contribution in [2.24, 2.45) is 12.8 Å². The fourth-order valence-corrected chi connectivity index (χ4v) is 3.40. The Hall–Kier alpha value is -2.39. The van der Waals surface area contributed by atoms with Crippen LogP contribution >= 0.6 is 23.1 Å². The SMILES string of the molecule is Cn1c(CNc2nc(-c3ccccc3)cs2)nnc1SCC(N)=O. The molecule has 0 radical (unpaired) electrons. The maximum absolute atomic E-state index is 10.8. The number of aromatic nitrogens is 4. The lowest BCUT2D eigenvalue weighted by atomic mass is 10.2. The summed E-state index contributed by atoms with van der Waals surface area (Å²) in [4.78, 5) is 15.4. The van der Waals surface area contributed by atoms with E-state index in [1.807, 2.05) is 47.3 Å². The zero-order valence-corrected chi connectivity index (χ0v) is 14.6. The highest BCUT2D eigenvalue weighted by molar-refractivity contribution is 7.99. The van der Waals surface area contributed by atoms with Crippen LogP contribution in [0, 0.1) is 0 Å². The molecule has 0 saturated heterocycles. The van der Waals surface area contributed by atoms with Crippen LogP contribution < -0.4 is 11.1 Å². The predicted molar refractivity (Wildman–Crippen MR) is 95.8 cm³/mol. The standard InChI is InChI=1S/C15H16N6OS2/c1-21-13(19-20-15(21)24-9-12(16)22)7-17-14-18-11(8-23-14)10-5-3-2-4-6-10/h2-6,8H,7,9H2,1H3,(H2,16,22)(H,17,18). The number of nitrogens with one attached hydrogen (secondary N) is 1. The first-order valence-corrected chi connectivity index (χ1v) is 9.04. The molecular formula is C15H16N6OS2. The summed E-state index contributed by atoms with van der Waals surface area (Å²) in [7, 11) is 1.86. The lowest BCUT2D eigenvalue weighted by molar-refractivity contribution is -0.115. The zero-order chi connectivity index (χ0) is 16.9. The Kier molecular flexibility index (Phi) is 5.11. The summed E-state index contributed by atoms with van der Waals surface area (Å²) < 4.78 is 1.84. The number of carbonyl (C=O) groups excluding carboxylic acids is 1. The molecule has 3 N–H and O–H groups in total. The van der Waals surface area contributed by atoms with Crippen molar-refractivity contribution < 1.29 is 4.79 Å². The van der Waals surface area contributed by atoms with Gasteiger partial charge in [-0.1, -0.05) is 42.1 Å². The molecule has 0 unspecified atom stereocenters. The molecule has 9 heteroatoms. The van der Waals surface area contributed by atoms with Gasteiger partial charge in [0, 0.05) is 18.0 Å². The first kappa shape index (κ1) is 16.5. The Morgan fingerprint density at radius 3 is 2.88 bits per heavy atom. The Balaban J connectivity index is 1.62. The molecule has 0 aliphatic rings. The number of nitrogens with zero attached hydrogens (tertiary/aromatic N) is 4. The van der Waals surface area contributed by atoms with Crippen LogP contribution in [0.5, 0.6) is 0 Å². The van der Waals surface area contributed by atoms with E-state index < -0.39 is 0 Å². The number of anilines is 1. The second-order valence-electron chi connectivity index (χ2n) is 4.97. The van der Waals surface area contributed by atoms with E-state index in [4.69, 9.17) is 5.73 Å². The van der Waals surface area contributed by atoms with E-state index in [0.29, 0.717) is 11.7 Å². The van der Waals surface area contributed by atoms with Gasteiger partial charge < -0.3 is 15.6 Å². The topological polar surface area (TPSA) is 98.7 Å². The highest BCUT2D eigenvalue weighted by atomic mass is 32.2. The molecule has 0 fully saturated rings. The molecule has 124 valence electrons. The van der Waals surface area contributed by atoms with Crippen LogP contribution in [0.1, 0.15) is 5.82 Å². The van der Waals surface area contributed by atoms with Crippen molar-refractivity contribution >= 4 is 34.1 Å². The van der Waals surface area contributed by atoms with Gasteiger partial charge in [0.15, 0.2) is 16.1 Å². The average molecular weight is 360 g/mol. The predicted octanol–water partition coefficient (Wildman–Crippen LogP) is 2.13. The van der Waals surface area contributed by atoms with E-state index in [1.54, 1.807) is 11.3 Å². The van der Waals surface area contributed by atoms with Crippen molar-refractivity contribution in [1.82, 2.24) is 19.7 Å². The summed E-state index contributed by atoms with van der Waals surface area (Å²) in [6.45, 7) is 0.502. The highest BCUT2D eigenvalue weighted by Crippen LogP contribution is 2.25. The molecule has 1 amide bonds. The summed E-state index contributed by atoms with van der Waals surface area (Å²) >= 11 is 2.82. The summed E-state index contributed by atoms with van der Waals surface area (Å²) in [5.74, 6) is 0.573. The van der Waals surface area contributed by atoms with Gasteiger partial charge in [-0.2, -0.15) is 0 Å². The molecule has 0 bridgehead atoms. The third kappa shape index (κ3) is 3.92. The molecule has 3 rings (SSSR count). The van der Waals surface area contributed by atoms with Crippen molar-refractivity contribution in [1.29, 1.82) is 0 Å². The number of rotatable bonds is 7. The fraction of sp³-hybridized carbons (Fsp3) is 0.200. The molecular weight excluding hydrogens is 344 g/mol. The Labute approximate surface area is 147 Å². The van der Waals surface area contributed by atoms with Crippen molar-refractivity contribution in [3.8, 4) is 11.3 Å². The van der Waals surface area contributed by atoms with Gasteiger partial charge >= 0.3 is 0 Å². The lowest BCUT2D eigenvalue weighted by Gasteiger charge is -2.04. The minimum atomic E-state index is -0.376. The van der Waals surface area contributed by atoms with Gasteiger partial charge in [-0.3, -0.25) is 4.79 Å². The van der Waals surface area contributed by atoms with Crippen LogP contribution in [0.4, 0.5) is 5.13 Å². The number of thioether (sulfide) groups is 1. The molecule has 3 aromatic rings. The fourth-order valence-electron chi connectivity index (χ4n) is 2.01. The largest absolute Gasteiger partial charge is 0.369 e. The van der Waals surface area contributed by atoms with Crippen LogP contribution in [0.3, 0.4) is 0 Å². The van der Waals surface area contributed by atoms with Crippen LogP contribution in [0.25, 0.3) is 11.3 Å². The number of amides is 1. The molecule has 2 aromatic heterocycles. The molecule has 1 aromatic carbocycles. The quantitative estimate of drug-likeness (QED) is 0.626. The van der Waals surface area contributed by atoms with Gasteiger partial charge in [-0.05, 0) is 0 Å². The second-order valence-corrected chi connectivity index (χ2v) is 6.77. The van der Waals surface area contributed by atoms with Crippen LogP contribution in [0.2, 0.25) is 0 Å². The van der Waals surface area contributed by atoms with E-state index >= 15 is 0 Å². The number of primary amides is 1. The monoisotopic (exact) mass is 360 g/mol. The minimum Gasteiger partial charge on any atom is -0.369 e. The summed E-state index contributed by atoms with van der Waals surface area (Å²) in [5, 5.41) is 14.9. The van der Waals surface area contributed by atoms with E-state index in [9.17, 15) is 4.79 Å². The maximum atomic E-state index is 10.8. The maximum Gasteiger partial charge on any atom is 0.227 e. The number of hydrogen-bond donors (Lipinski definition) is 2. The van der Waals surface area contributed by atoms with Crippen molar-refractivity contribution in [3.63, 3.8) is 0 Å². The van der Waals surface area contributed by atoms with Crippen LogP contribution in [-0.2, 0) is 18.4 Å². The third-order valence-electron chi connectivity index (χ3n) is 3.24. The number of benzene rings is 1. The van der Waals surface area contributed by atoms with Crippen molar-refractivity contribution in [2.45, 2.75) is 11.7 Å². The van der Waals surface area contributed by atoms with E-state index in [0.717, 1.165) is 22.2 Å². The van der Waals surface area contributed by atoms with Gasteiger partial charge in [0.1, 0.15) is 0 Å². The second kappa shape index (κ2) is 7.45. The van der Waals surface area contributed by atoms with Gasteiger partial charge in [0.25, 0.3) is 0 Å². The Morgan fingerprint density at radius 2 is 2.12 bits per heavy atom. The van der Waals surface area contributed by atoms with Gasteiger partial charge in [0.2, 0.25) is 5.91 Å². The van der Waals surface area contributed by atoms with Gasteiger partial charge in [0.05, 0.1) is 18.0 Å². The van der Waals surface area contributed by atoms with E-state index in [-0.39, 0.29) is 11.7 Å². The Morgan fingerprint density at radius 1 is 1.33 bits per heavy atom. The highest BCUT2D eigenvalue weighted by Gasteiger charge is 2.11. The van der Waals surface area contributed by atoms with E-state index in [2.05, 4.69) is 20.5 Å². The minimum absolute atomic E-state index is 0.187. The third-order valence-corrected chi connectivity index (χ3v) is 5.08. The molecule has 0 aliphatic heterocycles. The smallest absolute Gasteiger partial charge is 0.227 e. The first-order chi connectivity index (χ1) is 11.6. The molecule has 7 nitrogen and oxygen atoms in total. The number of thiazole rings is 1. The molecule has 0 aliphatic carbocycles. The molecule has 0 atom stereocenters. The summed E-state index contributed by atoms with van der Waals surface area (Å²) in [6, 6.07) is 10.0. The summed E-state index contributed by atoms with van der Waals surface area (Å²) in [5.41, 5.74) is 7.18. The lowest BCUT2D eigenvalue weighted by Crippen LogP contribution is -2.13. The molecule has 0 spiro atoms. The molecule has 2 heterocycles. The van der Waals surface area contributed by atoms with Crippen LogP contribution in [0.15, 0.2) is 40.9 Å². The number of carbonyl (C=O) groups is 1.